The highest BCUT2D eigenvalue weighted by molar-refractivity contribution is 7.16. The molecule has 9 heterocycles. The largest absolute Gasteiger partial charge is 0.127 e. The Morgan fingerprint density at radius 3 is 0.429 bits per heavy atom. The maximum atomic E-state index is 3.35. The van der Waals surface area contributed by atoms with Crippen LogP contribution in [0.1, 0.15) is 78.0 Å². The van der Waals surface area contributed by atoms with Crippen molar-refractivity contribution < 1.29 is 0 Å². The standard InChI is InChI=1S/C48H24S8/c1-2-34-19-20-36-5-6-38(51-36)23-24-40-9-10-42(53-40)27-28-44-13-14-46(55-44)31-32-48-16-15-47(56-48)30-29-45-12-11-43(54-45)26-25-41-8-7-39(52-41)22-21-37-4-3-35(50-37)18-17-33(1)49-34/h1-18,23-26,31-32H. The summed E-state index contributed by atoms with van der Waals surface area (Å²) in [6.45, 7) is 0. The van der Waals surface area contributed by atoms with E-state index in [4.69, 9.17) is 0 Å². The van der Waals surface area contributed by atoms with Crippen molar-refractivity contribution in [2.45, 2.75) is 0 Å². The van der Waals surface area contributed by atoms with E-state index in [1.54, 1.807) is 90.7 Å². The SMILES string of the molecule is C1#Cc2ccc(s2)C=Cc2ccc(s2)C#Cc2ccc(s2)C=Cc2ccc(s2)C#Cc2ccc(s2)C=Cc2ccc(s2)C#Cc2ccc(s2)C=Cc2ccc1s2. The fourth-order valence-electron chi connectivity index (χ4n) is 5.23. The molecule has 56 heavy (non-hydrogen) atoms. The molecule has 0 saturated carbocycles. The predicted octanol–water partition coefficient (Wildman–Crippen LogP) is 14.8. The van der Waals surface area contributed by atoms with Crippen LogP contribution in [-0.2, 0) is 0 Å². The van der Waals surface area contributed by atoms with Gasteiger partial charge >= 0.3 is 0 Å². The number of fused-ring (bicyclic) bond motifs is 16. The topological polar surface area (TPSA) is 0 Å². The summed E-state index contributed by atoms with van der Waals surface area (Å²) in [5.41, 5.74) is 0. The van der Waals surface area contributed by atoms with E-state index in [0.717, 1.165) is 39.0 Å². The van der Waals surface area contributed by atoms with E-state index in [0.29, 0.717) is 0 Å². The lowest BCUT2D eigenvalue weighted by molar-refractivity contribution is 1.87. The summed E-state index contributed by atoms with van der Waals surface area (Å²) in [6.07, 6.45) is 17.2. The van der Waals surface area contributed by atoms with E-state index in [1.807, 2.05) is 0 Å². The van der Waals surface area contributed by atoms with Crippen molar-refractivity contribution in [3.8, 4) is 47.4 Å². The summed E-state index contributed by atoms with van der Waals surface area (Å²) in [4.78, 5) is 17.8. The van der Waals surface area contributed by atoms with Crippen molar-refractivity contribution in [2.24, 2.45) is 0 Å². The van der Waals surface area contributed by atoms with E-state index in [-0.39, 0.29) is 0 Å². The lowest BCUT2D eigenvalue weighted by Gasteiger charge is -1.85. The van der Waals surface area contributed by atoms with Gasteiger partial charge in [0, 0.05) is 39.0 Å². The molecule has 0 aromatic carbocycles. The van der Waals surface area contributed by atoms with Gasteiger partial charge in [-0.2, -0.15) is 0 Å². The minimum Gasteiger partial charge on any atom is -0.127 e. The van der Waals surface area contributed by atoms with Crippen LogP contribution in [0.3, 0.4) is 0 Å². The van der Waals surface area contributed by atoms with Crippen LogP contribution in [0, 0.1) is 47.4 Å². The number of rotatable bonds is 0. The molecule has 16 bridgehead atoms. The van der Waals surface area contributed by atoms with Crippen LogP contribution < -0.4 is 0 Å². The van der Waals surface area contributed by atoms with Gasteiger partial charge in [-0.25, -0.2) is 0 Å². The van der Waals surface area contributed by atoms with Gasteiger partial charge in [0.1, 0.15) is 0 Å². The Morgan fingerprint density at radius 2 is 0.304 bits per heavy atom. The molecule has 8 aromatic rings. The van der Waals surface area contributed by atoms with Crippen LogP contribution in [0.25, 0.3) is 48.6 Å². The molecular formula is C48H24S8. The third-order valence-corrected chi connectivity index (χ3v) is 15.6. The van der Waals surface area contributed by atoms with Gasteiger partial charge in [-0.15, -0.1) is 90.7 Å². The quantitative estimate of drug-likeness (QED) is 0.133. The normalized spacial score (nSPS) is 12.0. The fraction of sp³-hybridized carbons (Fsp3) is 0. The van der Waals surface area contributed by atoms with Crippen molar-refractivity contribution in [1.29, 1.82) is 0 Å². The number of hydrogen-bond acceptors (Lipinski definition) is 8. The fourth-order valence-corrected chi connectivity index (χ4v) is 11.3. The molecule has 1 aliphatic heterocycles. The van der Waals surface area contributed by atoms with Gasteiger partial charge in [-0.1, -0.05) is 0 Å². The molecule has 8 aromatic heterocycles. The van der Waals surface area contributed by atoms with Crippen molar-refractivity contribution >= 4 is 139 Å². The molecule has 0 fully saturated rings. The second kappa shape index (κ2) is 17.3. The van der Waals surface area contributed by atoms with Gasteiger partial charge < -0.3 is 0 Å². The minimum absolute atomic E-state index is 1.05. The van der Waals surface area contributed by atoms with Crippen LogP contribution in [0.4, 0.5) is 0 Å². The van der Waals surface area contributed by atoms with E-state index in [9.17, 15) is 0 Å². The molecule has 9 rings (SSSR count). The lowest BCUT2D eigenvalue weighted by atomic mass is 10.3. The average molecular weight is 857 g/mol. The van der Waals surface area contributed by atoms with Crippen molar-refractivity contribution in [3.63, 3.8) is 0 Å². The molecular weight excluding hydrogens is 833 g/mol. The van der Waals surface area contributed by atoms with Gasteiger partial charge in [0.2, 0.25) is 0 Å². The molecule has 1 aliphatic rings. The first-order valence-corrected chi connectivity index (χ1v) is 23.7. The first-order valence-electron chi connectivity index (χ1n) is 17.2. The van der Waals surface area contributed by atoms with Crippen LogP contribution in [0.2, 0.25) is 0 Å². The zero-order chi connectivity index (χ0) is 37.5. The summed E-state index contributed by atoms with van der Waals surface area (Å²) in [5, 5.41) is 0. The second-order valence-electron chi connectivity index (χ2n) is 11.9. The molecule has 8 heteroatoms. The first-order chi connectivity index (χ1) is 27.6. The first kappa shape index (κ1) is 36.4. The van der Waals surface area contributed by atoms with E-state index >= 15 is 0 Å². The molecule has 0 nitrogen and oxygen atoms in total. The highest BCUT2D eigenvalue weighted by atomic mass is 32.1. The molecule has 0 radical (unpaired) electrons. The summed E-state index contributed by atoms with van der Waals surface area (Å²) < 4.78 is 0. The Balaban J connectivity index is 0.953. The Labute approximate surface area is 358 Å². The number of thiophene rings is 8. The average Bonchev–Trinajstić information content (AvgIpc) is 4.05. The molecule has 0 N–H and O–H groups in total. The molecule has 0 amide bonds. The van der Waals surface area contributed by atoms with Crippen LogP contribution in [0.15, 0.2) is 97.1 Å². The third kappa shape index (κ3) is 9.78. The highest BCUT2D eigenvalue weighted by Gasteiger charge is 2.02. The smallest absolute Gasteiger partial charge is 0.0778 e. The van der Waals surface area contributed by atoms with Crippen molar-refractivity contribution in [2.75, 3.05) is 0 Å². The monoisotopic (exact) mass is 856 g/mol. The number of hydrogen-bond donors (Lipinski definition) is 0. The summed E-state index contributed by atoms with van der Waals surface area (Å²) >= 11 is 13.6. The van der Waals surface area contributed by atoms with Crippen LogP contribution in [0.5, 0.6) is 0 Å². The maximum Gasteiger partial charge on any atom is 0.0778 e. The maximum absolute atomic E-state index is 3.35. The van der Waals surface area contributed by atoms with Gasteiger partial charge in [-0.3, -0.25) is 0 Å². The molecule has 0 saturated heterocycles. The van der Waals surface area contributed by atoms with Gasteiger partial charge in [0.05, 0.1) is 39.0 Å². The van der Waals surface area contributed by atoms with E-state index in [2.05, 4.69) is 193 Å². The highest BCUT2D eigenvalue weighted by Crippen LogP contribution is 2.27. The third-order valence-electron chi connectivity index (χ3n) is 7.90. The molecule has 0 spiro atoms. The molecule has 264 valence electrons. The Bertz CT molecular complexity index is 2460. The summed E-state index contributed by atoms with van der Waals surface area (Å²) in [5.74, 6) is 26.8. The molecule has 0 atom stereocenters. The predicted molar refractivity (Wildman–Crippen MR) is 254 cm³/mol. The zero-order valence-corrected chi connectivity index (χ0v) is 35.7. The van der Waals surface area contributed by atoms with Crippen molar-refractivity contribution in [1.82, 2.24) is 0 Å². The second-order valence-corrected chi connectivity index (χ2v) is 20.9. The Morgan fingerprint density at radius 1 is 0.179 bits per heavy atom. The van der Waals surface area contributed by atoms with Gasteiger partial charge in [-0.05, 0) is 193 Å². The van der Waals surface area contributed by atoms with E-state index in [1.165, 1.54) is 39.0 Å². The van der Waals surface area contributed by atoms with E-state index < -0.39 is 0 Å². The lowest BCUT2D eigenvalue weighted by Crippen LogP contribution is -1.63. The molecule has 0 aliphatic carbocycles. The van der Waals surface area contributed by atoms with Gasteiger partial charge in [0.25, 0.3) is 0 Å². The summed E-state index contributed by atoms with van der Waals surface area (Å²) in [6, 6.07) is 33.8. The van der Waals surface area contributed by atoms with Crippen molar-refractivity contribution in [3.05, 3.63) is 175 Å². The zero-order valence-electron chi connectivity index (χ0n) is 29.1. The minimum atomic E-state index is 1.05. The van der Waals surface area contributed by atoms with Gasteiger partial charge in [0.15, 0.2) is 0 Å². The van der Waals surface area contributed by atoms with Crippen LogP contribution in [-0.4, -0.2) is 0 Å². The Kier molecular flexibility index (Phi) is 11.3. The summed E-state index contributed by atoms with van der Waals surface area (Å²) in [7, 11) is 0. The Hall–Kier alpha value is -5.20. The molecule has 0 unspecified atom stereocenters. The van der Waals surface area contributed by atoms with Crippen LogP contribution >= 0.6 is 90.7 Å².